The lowest BCUT2D eigenvalue weighted by Crippen LogP contribution is -2.20. The summed E-state index contributed by atoms with van der Waals surface area (Å²) in [6, 6.07) is 8.75. The third-order valence-corrected chi connectivity index (χ3v) is 3.09. The zero-order valence-electron chi connectivity index (χ0n) is 12.6. The average molecular weight is 304 g/mol. The number of aryl methyl sites for hydroxylation is 1. The van der Waals surface area contributed by atoms with Gasteiger partial charge in [-0.1, -0.05) is 0 Å². The summed E-state index contributed by atoms with van der Waals surface area (Å²) in [7, 11) is 3.04. The molecule has 5 nitrogen and oxygen atoms in total. The highest BCUT2D eigenvalue weighted by Gasteiger charge is 2.10. The number of anilines is 2. The van der Waals surface area contributed by atoms with E-state index >= 15 is 0 Å². The van der Waals surface area contributed by atoms with Crippen LogP contribution in [-0.2, 0) is 0 Å². The first-order valence-electron chi connectivity index (χ1n) is 6.59. The summed E-state index contributed by atoms with van der Waals surface area (Å²) in [4.78, 5) is 12.1. The number of ether oxygens (including phenoxy) is 2. The first-order chi connectivity index (χ1) is 10.5. The van der Waals surface area contributed by atoms with Crippen molar-refractivity contribution in [3.63, 3.8) is 0 Å². The molecule has 0 saturated carbocycles. The van der Waals surface area contributed by atoms with Gasteiger partial charge in [0, 0.05) is 11.8 Å². The second-order valence-electron chi connectivity index (χ2n) is 4.60. The molecule has 0 unspecified atom stereocenters. The lowest BCUT2D eigenvalue weighted by molar-refractivity contribution is 0.262. The average Bonchev–Trinajstić information content (AvgIpc) is 2.50. The van der Waals surface area contributed by atoms with E-state index in [1.54, 1.807) is 25.1 Å². The van der Waals surface area contributed by atoms with Crippen molar-refractivity contribution >= 4 is 17.4 Å². The van der Waals surface area contributed by atoms with Crippen molar-refractivity contribution < 1.29 is 18.7 Å². The number of urea groups is 1. The predicted molar refractivity (Wildman–Crippen MR) is 83.3 cm³/mol. The largest absolute Gasteiger partial charge is 0.497 e. The van der Waals surface area contributed by atoms with Crippen molar-refractivity contribution in [1.82, 2.24) is 0 Å². The molecule has 0 aliphatic heterocycles. The molecule has 0 spiro atoms. The van der Waals surface area contributed by atoms with Gasteiger partial charge < -0.3 is 20.1 Å². The minimum Gasteiger partial charge on any atom is -0.497 e. The molecule has 0 fully saturated rings. The fraction of sp³-hybridized carbons (Fsp3) is 0.188. The van der Waals surface area contributed by atoms with Crippen LogP contribution in [0.1, 0.15) is 5.56 Å². The van der Waals surface area contributed by atoms with Gasteiger partial charge in [-0.25, -0.2) is 9.18 Å². The van der Waals surface area contributed by atoms with E-state index in [1.165, 1.54) is 32.4 Å². The van der Waals surface area contributed by atoms with Gasteiger partial charge >= 0.3 is 6.03 Å². The van der Waals surface area contributed by atoms with Gasteiger partial charge in [0.25, 0.3) is 0 Å². The predicted octanol–water partition coefficient (Wildman–Crippen LogP) is 3.80. The number of carbonyl (C=O) groups excluding carboxylic acids is 1. The normalized spacial score (nSPS) is 10.0. The Labute approximate surface area is 128 Å². The molecular weight excluding hydrogens is 287 g/mol. The summed E-state index contributed by atoms with van der Waals surface area (Å²) in [6.45, 7) is 1.71. The minimum absolute atomic E-state index is 0.349. The summed E-state index contributed by atoms with van der Waals surface area (Å²) < 4.78 is 23.4. The highest BCUT2D eigenvalue weighted by Crippen LogP contribution is 2.29. The maximum Gasteiger partial charge on any atom is 0.323 e. The molecule has 2 rings (SSSR count). The van der Waals surface area contributed by atoms with E-state index in [1.807, 2.05) is 0 Å². The van der Waals surface area contributed by atoms with Gasteiger partial charge in [-0.15, -0.1) is 0 Å². The molecule has 0 heterocycles. The second kappa shape index (κ2) is 6.80. The van der Waals surface area contributed by atoms with Gasteiger partial charge in [0.15, 0.2) is 0 Å². The molecular formula is C16H17FN2O3. The lowest BCUT2D eigenvalue weighted by Gasteiger charge is -2.13. The molecule has 0 aliphatic rings. The van der Waals surface area contributed by atoms with Gasteiger partial charge in [-0.2, -0.15) is 0 Å². The van der Waals surface area contributed by atoms with Crippen LogP contribution in [0, 0.1) is 12.7 Å². The second-order valence-corrected chi connectivity index (χ2v) is 4.60. The molecule has 116 valence electrons. The number of rotatable bonds is 4. The molecule has 2 amide bonds. The Balaban J connectivity index is 2.14. The van der Waals surface area contributed by atoms with Crippen LogP contribution in [0.3, 0.4) is 0 Å². The minimum atomic E-state index is -0.457. The Morgan fingerprint density at radius 3 is 2.36 bits per heavy atom. The van der Waals surface area contributed by atoms with E-state index in [4.69, 9.17) is 9.47 Å². The summed E-state index contributed by atoms with van der Waals surface area (Å²) in [6.07, 6.45) is 0. The maximum atomic E-state index is 13.1. The quantitative estimate of drug-likeness (QED) is 0.903. The molecule has 2 N–H and O–H groups in total. The van der Waals surface area contributed by atoms with Crippen LogP contribution in [0.4, 0.5) is 20.6 Å². The van der Waals surface area contributed by atoms with E-state index in [2.05, 4.69) is 10.6 Å². The van der Waals surface area contributed by atoms with Crippen LogP contribution < -0.4 is 20.1 Å². The van der Waals surface area contributed by atoms with E-state index < -0.39 is 6.03 Å². The highest BCUT2D eigenvalue weighted by molar-refractivity contribution is 6.01. The first kappa shape index (κ1) is 15.6. The number of methoxy groups -OCH3 is 2. The Morgan fingerprint density at radius 1 is 1.00 bits per heavy atom. The van der Waals surface area contributed by atoms with Crippen LogP contribution in [0.25, 0.3) is 0 Å². The van der Waals surface area contributed by atoms with Crippen LogP contribution in [-0.4, -0.2) is 20.3 Å². The van der Waals surface area contributed by atoms with Crippen molar-refractivity contribution in [3.8, 4) is 11.5 Å². The zero-order valence-corrected chi connectivity index (χ0v) is 12.6. The maximum absolute atomic E-state index is 13.1. The number of amides is 2. The molecule has 0 saturated heterocycles. The van der Waals surface area contributed by atoms with E-state index in [0.29, 0.717) is 28.4 Å². The molecule has 2 aromatic carbocycles. The van der Waals surface area contributed by atoms with Gasteiger partial charge in [0.05, 0.1) is 19.9 Å². The number of halogens is 1. The molecule has 2 aromatic rings. The molecule has 22 heavy (non-hydrogen) atoms. The SMILES string of the molecule is COc1ccc(OC)c(NC(=O)Nc2ccc(F)cc2C)c1. The van der Waals surface area contributed by atoms with Gasteiger partial charge in [-0.05, 0) is 42.8 Å². The summed E-state index contributed by atoms with van der Waals surface area (Å²) in [5, 5.41) is 5.34. The smallest absolute Gasteiger partial charge is 0.323 e. The molecule has 6 heteroatoms. The molecule has 0 aromatic heterocycles. The van der Waals surface area contributed by atoms with E-state index in [9.17, 15) is 9.18 Å². The van der Waals surface area contributed by atoms with Crippen molar-refractivity contribution in [3.05, 3.63) is 47.8 Å². The molecule has 0 atom stereocenters. The fourth-order valence-electron chi connectivity index (χ4n) is 1.95. The van der Waals surface area contributed by atoms with Crippen molar-refractivity contribution in [2.24, 2.45) is 0 Å². The Bertz CT molecular complexity index is 689. The molecule has 0 bridgehead atoms. The third kappa shape index (κ3) is 3.66. The first-order valence-corrected chi connectivity index (χ1v) is 6.59. The number of hydrogen-bond donors (Lipinski definition) is 2. The van der Waals surface area contributed by atoms with Gasteiger partial charge in [0.2, 0.25) is 0 Å². The van der Waals surface area contributed by atoms with Crippen LogP contribution in [0.2, 0.25) is 0 Å². The topological polar surface area (TPSA) is 59.6 Å². The van der Waals surface area contributed by atoms with Gasteiger partial charge in [0.1, 0.15) is 17.3 Å². The number of nitrogens with one attached hydrogen (secondary N) is 2. The van der Waals surface area contributed by atoms with Crippen molar-refractivity contribution in [1.29, 1.82) is 0 Å². The van der Waals surface area contributed by atoms with Crippen LogP contribution in [0.15, 0.2) is 36.4 Å². The zero-order chi connectivity index (χ0) is 16.1. The van der Waals surface area contributed by atoms with Crippen LogP contribution in [0.5, 0.6) is 11.5 Å². The molecule has 0 radical (unpaired) electrons. The number of carbonyl (C=O) groups is 1. The summed E-state index contributed by atoms with van der Waals surface area (Å²) in [5.74, 6) is 0.749. The van der Waals surface area contributed by atoms with Crippen LogP contribution >= 0.6 is 0 Å². The Hall–Kier alpha value is -2.76. The summed E-state index contributed by atoms with van der Waals surface area (Å²) >= 11 is 0. The van der Waals surface area contributed by atoms with Crippen molar-refractivity contribution in [2.45, 2.75) is 6.92 Å². The van der Waals surface area contributed by atoms with Crippen molar-refractivity contribution in [2.75, 3.05) is 24.9 Å². The summed E-state index contributed by atoms with van der Waals surface area (Å²) in [5.41, 5.74) is 1.63. The molecule has 0 aliphatic carbocycles. The Morgan fingerprint density at radius 2 is 1.73 bits per heavy atom. The van der Waals surface area contributed by atoms with E-state index in [-0.39, 0.29) is 5.82 Å². The number of benzene rings is 2. The number of hydrogen-bond acceptors (Lipinski definition) is 3. The van der Waals surface area contributed by atoms with E-state index in [0.717, 1.165) is 0 Å². The standard InChI is InChI=1S/C16H17FN2O3/c1-10-8-11(17)4-6-13(10)18-16(20)19-14-9-12(21-2)5-7-15(14)22-3/h4-9H,1-3H3,(H2,18,19,20). The third-order valence-electron chi connectivity index (χ3n) is 3.09. The fourth-order valence-corrected chi connectivity index (χ4v) is 1.95. The highest BCUT2D eigenvalue weighted by atomic mass is 19.1. The Kier molecular flexibility index (Phi) is 4.83. The van der Waals surface area contributed by atoms with Gasteiger partial charge in [-0.3, -0.25) is 0 Å². The monoisotopic (exact) mass is 304 g/mol. The lowest BCUT2D eigenvalue weighted by atomic mass is 10.2.